The summed E-state index contributed by atoms with van der Waals surface area (Å²) in [6, 6.07) is 17.9. The second kappa shape index (κ2) is 9.68. The lowest BCUT2D eigenvalue weighted by molar-refractivity contribution is 0.102. The third-order valence-corrected chi connectivity index (χ3v) is 4.59. The van der Waals surface area contributed by atoms with Gasteiger partial charge in [0.15, 0.2) is 0 Å². The molecule has 1 amide bonds. The Morgan fingerprint density at radius 1 is 0.931 bits per heavy atom. The molecule has 0 unspecified atom stereocenters. The molecule has 0 aliphatic carbocycles. The van der Waals surface area contributed by atoms with Crippen molar-refractivity contribution in [2.45, 2.75) is 20.5 Å². The van der Waals surface area contributed by atoms with Crippen LogP contribution in [0.3, 0.4) is 0 Å². The van der Waals surface area contributed by atoms with Crippen molar-refractivity contribution in [3.63, 3.8) is 0 Å². The molecule has 0 spiro atoms. The maximum atomic E-state index is 12.7. The molecule has 0 fully saturated rings. The molecule has 1 N–H and O–H groups in total. The molecule has 0 saturated carbocycles. The van der Waals surface area contributed by atoms with Gasteiger partial charge in [-0.3, -0.25) is 4.79 Å². The van der Waals surface area contributed by atoms with Crippen LogP contribution in [0.1, 0.15) is 28.4 Å². The van der Waals surface area contributed by atoms with Gasteiger partial charge < -0.3 is 14.8 Å². The number of rotatable bonds is 7. The Morgan fingerprint density at radius 3 is 2.28 bits per heavy atom. The lowest BCUT2D eigenvalue weighted by Gasteiger charge is -2.14. The highest BCUT2D eigenvalue weighted by molar-refractivity contribution is 6.35. The van der Waals surface area contributed by atoms with Crippen LogP contribution >= 0.6 is 23.2 Å². The molecule has 6 heteroatoms. The number of amides is 1. The zero-order valence-electron chi connectivity index (χ0n) is 16.2. The first-order valence-corrected chi connectivity index (χ1v) is 9.93. The Hall–Kier alpha value is -2.69. The van der Waals surface area contributed by atoms with E-state index in [9.17, 15) is 4.79 Å². The van der Waals surface area contributed by atoms with E-state index >= 15 is 0 Å². The Labute approximate surface area is 180 Å². The zero-order valence-corrected chi connectivity index (χ0v) is 17.7. The van der Waals surface area contributed by atoms with Gasteiger partial charge in [-0.1, -0.05) is 40.9 Å². The molecule has 150 valence electrons. The van der Waals surface area contributed by atoms with Crippen LogP contribution in [0.25, 0.3) is 0 Å². The number of carbonyl (C=O) groups is 1. The van der Waals surface area contributed by atoms with E-state index in [1.54, 1.807) is 36.4 Å². The van der Waals surface area contributed by atoms with Gasteiger partial charge in [0.05, 0.1) is 6.61 Å². The van der Waals surface area contributed by atoms with Gasteiger partial charge in [0.2, 0.25) is 0 Å². The average molecular weight is 430 g/mol. The molecule has 3 rings (SSSR count). The molecule has 0 aromatic heterocycles. The van der Waals surface area contributed by atoms with E-state index in [2.05, 4.69) is 5.32 Å². The molecule has 0 saturated heterocycles. The molecule has 3 aromatic rings. The summed E-state index contributed by atoms with van der Waals surface area (Å²) in [5.74, 6) is 1.16. The van der Waals surface area contributed by atoms with Crippen LogP contribution < -0.4 is 14.8 Å². The van der Waals surface area contributed by atoms with Crippen molar-refractivity contribution < 1.29 is 14.3 Å². The molecule has 3 aromatic carbocycles. The highest BCUT2D eigenvalue weighted by Crippen LogP contribution is 2.25. The number of nitrogens with one attached hydrogen (secondary N) is 1. The Kier molecular flexibility index (Phi) is 7.02. The van der Waals surface area contributed by atoms with E-state index in [0.29, 0.717) is 33.7 Å². The number of benzene rings is 3. The molecular weight excluding hydrogens is 409 g/mol. The van der Waals surface area contributed by atoms with E-state index in [1.165, 1.54) is 0 Å². The van der Waals surface area contributed by atoms with Gasteiger partial charge in [-0.15, -0.1) is 0 Å². The minimum atomic E-state index is -0.275. The van der Waals surface area contributed by atoms with Crippen molar-refractivity contribution in [1.82, 2.24) is 0 Å². The van der Waals surface area contributed by atoms with Crippen LogP contribution in [0.15, 0.2) is 60.7 Å². The maximum absolute atomic E-state index is 12.7. The first-order valence-electron chi connectivity index (χ1n) is 9.17. The number of hydrogen-bond donors (Lipinski definition) is 1. The van der Waals surface area contributed by atoms with Gasteiger partial charge in [-0.05, 0) is 62.4 Å². The number of halogens is 2. The lowest BCUT2D eigenvalue weighted by atomic mass is 10.1. The molecule has 0 aliphatic rings. The fourth-order valence-corrected chi connectivity index (χ4v) is 3.28. The van der Waals surface area contributed by atoms with Gasteiger partial charge in [0, 0.05) is 26.9 Å². The molecule has 0 heterocycles. The predicted molar refractivity (Wildman–Crippen MR) is 118 cm³/mol. The van der Waals surface area contributed by atoms with Gasteiger partial charge in [-0.25, -0.2) is 0 Å². The van der Waals surface area contributed by atoms with E-state index in [-0.39, 0.29) is 12.5 Å². The van der Waals surface area contributed by atoms with Crippen molar-refractivity contribution in [2.24, 2.45) is 0 Å². The second-order valence-corrected chi connectivity index (χ2v) is 7.34. The summed E-state index contributed by atoms with van der Waals surface area (Å²) in [6.45, 7) is 4.73. The monoisotopic (exact) mass is 429 g/mol. The van der Waals surface area contributed by atoms with Crippen molar-refractivity contribution in [1.29, 1.82) is 0 Å². The number of anilines is 1. The van der Waals surface area contributed by atoms with E-state index in [0.717, 1.165) is 16.9 Å². The molecule has 0 radical (unpaired) electrons. The minimum Gasteiger partial charge on any atom is -0.493 e. The molecule has 0 aliphatic heterocycles. The topological polar surface area (TPSA) is 47.6 Å². The second-order valence-electron chi connectivity index (χ2n) is 6.47. The summed E-state index contributed by atoms with van der Waals surface area (Å²) in [4.78, 5) is 12.7. The molecule has 29 heavy (non-hydrogen) atoms. The van der Waals surface area contributed by atoms with Crippen LogP contribution in [-0.2, 0) is 6.61 Å². The third-order valence-electron chi connectivity index (χ3n) is 4.16. The van der Waals surface area contributed by atoms with Gasteiger partial charge >= 0.3 is 0 Å². The van der Waals surface area contributed by atoms with Crippen molar-refractivity contribution in [3.05, 3.63) is 87.4 Å². The zero-order chi connectivity index (χ0) is 20.8. The van der Waals surface area contributed by atoms with Crippen LogP contribution in [0, 0.1) is 6.92 Å². The predicted octanol–water partition coefficient (Wildman–Crippen LogP) is 6.53. The first kappa shape index (κ1) is 21.0. The quantitative estimate of drug-likeness (QED) is 0.464. The number of hydrogen-bond acceptors (Lipinski definition) is 3. The normalized spacial score (nSPS) is 10.5. The number of ether oxygens (including phenoxy) is 2. The fraction of sp³-hybridized carbons (Fsp3) is 0.174. The minimum absolute atomic E-state index is 0.275. The summed E-state index contributed by atoms with van der Waals surface area (Å²) in [6.07, 6.45) is 0. The Morgan fingerprint density at radius 2 is 1.62 bits per heavy atom. The smallest absolute Gasteiger partial charge is 0.255 e. The highest BCUT2D eigenvalue weighted by atomic mass is 35.5. The summed E-state index contributed by atoms with van der Waals surface area (Å²) in [5, 5.41) is 3.71. The van der Waals surface area contributed by atoms with Gasteiger partial charge in [-0.2, -0.15) is 0 Å². The Balaban J connectivity index is 1.79. The van der Waals surface area contributed by atoms with Crippen molar-refractivity contribution in [2.75, 3.05) is 11.9 Å². The summed E-state index contributed by atoms with van der Waals surface area (Å²) in [5.41, 5.74) is 2.95. The van der Waals surface area contributed by atoms with E-state index in [4.69, 9.17) is 32.7 Å². The highest BCUT2D eigenvalue weighted by Gasteiger charge is 2.12. The Bertz CT molecular complexity index is 983. The van der Waals surface area contributed by atoms with E-state index < -0.39 is 0 Å². The first-order chi connectivity index (χ1) is 13.9. The summed E-state index contributed by atoms with van der Waals surface area (Å²) in [7, 11) is 0. The van der Waals surface area contributed by atoms with Crippen LogP contribution in [0.5, 0.6) is 11.5 Å². The SMILES string of the molecule is CCOc1ccc(C(=O)Nc2cc(Cl)cc(Cl)c2)cc1COc1ccc(C)cc1. The van der Waals surface area contributed by atoms with Gasteiger partial charge in [0.1, 0.15) is 18.1 Å². The molecular formula is C23H21Cl2NO3. The number of aryl methyl sites for hydroxylation is 1. The van der Waals surface area contributed by atoms with Crippen LogP contribution in [-0.4, -0.2) is 12.5 Å². The maximum Gasteiger partial charge on any atom is 0.255 e. The van der Waals surface area contributed by atoms with E-state index in [1.807, 2.05) is 38.1 Å². The standard InChI is InChI=1S/C23H21Cl2NO3/c1-3-28-22-9-6-16(23(27)26-20-12-18(24)11-19(25)13-20)10-17(22)14-29-21-7-4-15(2)5-8-21/h4-13H,3,14H2,1-2H3,(H,26,27). The van der Waals surface area contributed by atoms with Gasteiger partial charge in [0.25, 0.3) is 5.91 Å². The molecule has 0 bridgehead atoms. The molecule has 0 atom stereocenters. The average Bonchev–Trinajstić information content (AvgIpc) is 2.67. The largest absolute Gasteiger partial charge is 0.493 e. The van der Waals surface area contributed by atoms with Crippen molar-refractivity contribution >= 4 is 34.8 Å². The fourth-order valence-electron chi connectivity index (χ4n) is 2.75. The summed E-state index contributed by atoms with van der Waals surface area (Å²) < 4.78 is 11.6. The van der Waals surface area contributed by atoms with Crippen molar-refractivity contribution in [3.8, 4) is 11.5 Å². The molecule has 4 nitrogen and oxygen atoms in total. The van der Waals surface area contributed by atoms with Crippen LogP contribution in [0.2, 0.25) is 10.0 Å². The number of carbonyl (C=O) groups excluding carboxylic acids is 1. The van der Waals surface area contributed by atoms with Crippen LogP contribution in [0.4, 0.5) is 5.69 Å². The lowest BCUT2D eigenvalue weighted by Crippen LogP contribution is -2.13. The summed E-state index contributed by atoms with van der Waals surface area (Å²) >= 11 is 12.0. The third kappa shape index (κ3) is 5.89.